The van der Waals surface area contributed by atoms with Crippen molar-refractivity contribution < 1.29 is 49.0 Å². The Morgan fingerprint density at radius 3 is 1.41 bits per heavy atom. The van der Waals surface area contributed by atoms with Crippen LogP contribution in [-0.4, -0.2) is 89.0 Å². The van der Waals surface area contributed by atoms with E-state index in [-0.39, 0.29) is 32.0 Å². The van der Waals surface area contributed by atoms with Crippen molar-refractivity contribution in [2.75, 3.05) is 19.8 Å². The van der Waals surface area contributed by atoms with Gasteiger partial charge in [0, 0.05) is 12.8 Å². The smallest absolute Gasteiger partial charge is 0.306 e. The lowest BCUT2D eigenvalue weighted by Gasteiger charge is -2.39. The van der Waals surface area contributed by atoms with E-state index in [4.69, 9.17) is 18.9 Å². The van der Waals surface area contributed by atoms with Crippen molar-refractivity contribution in [3.05, 3.63) is 48.6 Å². The topological polar surface area (TPSA) is 152 Å². The molecule has 0 saturated carbocycles. The standard InChI is InChI=1S/C53H94O10/c1-3-5-7-9-11-13-15-17-19-20-21-22-23-24-25-26-28-29-31-33-35-37-39-41-48(55)60-44-46(45-61-53-52(59)51(58)50(57)47(43-54)63-53)62-49(56)42-40-38-36-34-32-30-27-18-16-14-12-10-8-6-4-2/h6,8,10,12,14,16,18,27,46-47,50-54,57-59H,3-5,7,9,11,13,15,17,19-26,28-45H2,1-2H3/b8-6+,12-10+,16-14+,27-18+/t46-,47-,50+,51?,52?,53-/m0/s1. The minimum Gasteiger partial charge on any atom is -0.462 e. The van der Waals surface area contributed by atoms with Gasteiger partial charge in [-0.2, -0.15) is 0 Å². The minimum atomic E-state index is -1.60. The SMILES string of the molecule is CC/C=C/C=C/C=C/C=C/CCCCCCCC(=O)O[C@@H](COC(=O)CCCCCCCCCCCCCCCCCCCCCCCCC)CO[C@H]1O[C@@H](CO)[C@@H](O)C(O)C1O. The number of rotatable bonds is 43. The number of carbonyl (C=O) groups is 2. The molecule has 0 radical (unpaired) electrons. The molecule has 63 heavy (non-hydrogen) atoms. The number of esters is 2. The number of aliphatic hydroxyl groups is 4. The summed E-state index contributed by atoms with van der Waals surface area (Å²) in [6, 6.07) is 0. The molecule has 0 aromatic rings. The largest absolute Gasteiger partial charge is 0.462 e. The Labute approximate surface area is 384 Å². The molecule has 2 unspecified atom stereocenters. The molecule has 1 fully saturated rings. The molecule has 1 heterocycles. The number of carbonyl (C=O) groups excluding carboxylic acids is 2. The van der Waals surface area contributed by atoms with Crippen molar-refractivity contribution in [2.45, 2.75) is 256 Å². The van der Waals surface area contributed by atoms with Gasteiger partial charge >= 0.3 is 11.9 Å². The Bertz CT molecular complexity index is 1170. The first kappa shape index (κ1) is 58.7. The molecule has 366 valence electrons. The van der Waals surface area contributed by atoms with Crippen LogP contribution in [0.1, 0.15) is 219 Å². The zero-order valence-electron chi connectivity index (χ0n) is 40.1. The predicted octanol–water partition coefficient (Wildman–Crippen LogP) is 12.0. The summed E-state index contributed by atoms with van der Waals surface area (Å²) in [4.78, 5) is 25.4. The molecular weight excluding hydrogens is 797 g/mol. The molecule has 10 nitrogen and oxygen atoms in total. The van der Waals surface area contributed by atoms with Crippen molar-refractivity contribution in [2.24, 2.45) is 0 Å². The van der Waals surface area contributed by atoms with Crippen molar-refractivity contribution in [1.29, 1.82) is 0 Å². The molecule has 0 aromatic carbocycles. The van der Waals surface area contributed by atoms with Crippen molar-refractivity contribution in [3.8, 4) is 0 Å². The van der Waals surface area contributed by atoms with Crippen molar-refractivity contribution >= 4 is 11.9 Å². The molecule has 1 aliphatic rings. The van der Waals surface area contributed by atoms with Crippen LogP contribution in [0.4, 0.5) is 0 Å². The number of aliphatic hydroxyl groups excluding tert-OH is 4. The summed E-state index contributed by atoms with van der Waals surface area (Å²) < 4.78 is 22.2. The minimum absolute atomic E-state index is 0.204. The molecule has 1 aliphatic heterocycles. The summed E-state index contributed by atoms with van der Waals surface area (Å²) >= 11 is 0. The lowest BCUT2D eigenvalue weighted by Crippen LogP contribution is -2.59. The maximum atomic E-state index is 12.8. The summed E-state index contributed by atoms with van der Waals surface area (Å²) in [6.45, 7) is 3.29. The highest BCUT2D eigenvalue weighted by Crippen LogP contribution is 2.23. The van der Waals surface area contributed by atoms with Gasteiger partial charge in [-0.05, 0) is 32.1 Å². The first-order valence-electron chi connectivity index (χ1n) is 25.8. The van der Waals surface area contributed by atoms with E-state index in [1.807, 2.05) is 30.4 Å². The first-order chi connectivity index (χ1) is 30.8. The van der Waals surface area contributed by atoms with E-state index in [9.17, 15) is 30.0 Å². The number of allylic oxidation sites excluding steroid dienone is 8. The second-order valence-electron chi connectivity index (χ2n) is 17.7. The molecule has 1 rings (SSSR count). The average molecular weight is 891 g/mol. The Balaban J connectivity index is 2.23. The van der Waals surface area contributed by atoms with E-state index >= 15 is 0 Å². The van der Waals surface area contributed by atoms with Gasteiger partial charge in [0.05, 0.1) is 13.2 Å². The number of ether oxygens (including phenoxy) is 4. The highest BCUT2D eigenvalue weighted by Gasteiger charge is 2.44. The second-order valence-corrected chi connectivity index (χ2v) is 17.7. The normalized spacial score (nSPS) is 19.9. The summed E-state index contributed by atoms with van der Waals surface area (Å²) in [6.07, 6.45) is 45.6. The van der Waals surface area contributed by atoms with E-state index in [2.05, 4.69) is 32.1 Å². The van der Waals surface area contributed by atoms with Gasteiger partial charge in [-0.25, -0.2) is 0 Å². The highest BCUT2D eigenvalue weighted by molar-refractivity contribution is 5.70. The van der Waals surface area contributed by atoms with Gasteiger partial charge in [0.25, 0.3) is 0 Å². The second kappa shape index (κ2) is 43.5. The maximum Gasteiger partial charge on any atom is 0.306 e. The van der Waals surface area contributed by atoms with Crippen LogP contribution in [0.5, 0.6) is 0 Å². The van der Waals surface area contributed by atoms with E-state index < -0.39 is 49.4 Å². The summed E-state index contributed by atoms with van der Waals surface area (Å²) in [5.74, 6) is -0.827. The van der Waals surface area contributed by atoms with Crippen LogP contribution in [0.15, 0.2) is 48.6 Å². The molecule has 10 heteroatoms. The third-order valence-corrected chi connectivity index (χ3v) is 11.8. The van der Waals surface area contributed by atoms with Crippen LogP contribution < -0.4 is 0 Å². The fourth-order valence-corrected chi connectivity index (χ4v) is 7.79. The van der Waals surface area contributed by atoms with Crippen LogP contribution in [0.2, 0.25) is 0 Å². The molecule has 1 saturated heterocycles. The molecule has 0 spiro atoms. The van der Waals surface area contributed by atoms with E-state index in [1.54, 1.807) is 0 Å². The first-order valence-corrected chi connectivity index (χ1v) is 25.8. The van der Waals surface area contributed by atoms with Crippen molar-refractivity contribution in [1.82, 2.24) is 0 Å². The van der Waals surface area contributed by atoms with Gasteiger partial charge in [-0.1, -0.05) is 223 Å². The van der Waals surface area contributed by atoms with Gasteiger partial charge in [0.1, 0.15) is 31.0 Å². The number of hydrogen-bond acceptors (Lipinski definition) is 10. The van der Waals surface area contributed by atoms with E-state index in [0.29, 0.717) is 6.42 Å². The Morgan fingerprint density at radius 2 is 0.937 bits per heavy atom. The lowest BCUT2D eigenvalue weighted by molar-refractivity contribution is -0.305. The van der Waals surface area contributed by atoms with Gasteiger partial charge in [0.15, 0.2) is 12.4 Å². The van der Waals surface area contributed by atoms with Crippen LogP contribution >= 0.6 is 0 Å². The fraction of sp³-hybridized carbons (Fsp3) is 0.811. The molecule has 0 bridgehead atoms. The Hall–Kier alpha value is -2.34. The van der Waals surface area contributed by atoms with Crippen LogP contribution in [0, 0.1) is 0 Å². The molecule has 0 amide bonds. The van der Waals surface area contributed by atoms with Crippen molar-refractivity contribution in [3.63, 3.8) is 0 Å². The quantitative estimate of drug-likeness (QED) is 0.0264. The van der Waals surface area contributed by atoms with Gasteiger partial charge in [0.2, 0.25) is 0 Å². The molecular formula is C53H94O10. The number of hydrogen-bond donors (Lipinski definition) is 4. The molecule has 0 aromatic heterocycles. The zero-order chi connectivity index (χ0) is 45.9. The van der Waals surface area contributed by atoms with Gasteiger partial charge in [-0.15, -0.1) is 0 Å². The highest BCUT2D eigenvalue weighted by atomic mass is 16.7. The maximum absolute atomic E-state index is 12.8. The van der Waals surface area contributed by atoms with Gasteiger partial charge in [-0.3, -0.25) is 9.59 Å². The van der Waals surface area contributed by atoms with E-state index in [0.717, 1.165) is 57.8 Å². The zero-order valence-corrected chi connectivity index (χ0v) is 40.1. The molecule has 6 atom stereocenters. The van der Waals surface area contributed by atoms with Crippen LogP contribution in [0.3, 0.4) is 0 Å². The summed E-state index contributed by atoms with van der Waals surface area (Å²) in [5, 5.41) is 40.2. The average Bonchev–Trinajstić information content (AvgIpc) is 3.28. The molecule has 0 aliphatic carbocycles. The van der Waals surface area contributed by atoms with E-state index in [1.165, 1.54) is 128 Å². The van der Waals surface area contributed by atoms with Crippen LogP contribution in [-0.2, 0) is 28.5 Å². The third kappa shape index (κ3) is 34.6. The predicted molar refractivity (Wildman–Crippen MR) is 256 cm³/mol. The lowest BCUT2D eigenvalue weighted by atomic mass is 9.99. The summed E-state index contributed by atoms with van der Waals surface area (Å²) in [7, 11) is 0. The summed E-state index contributed by atoms with van der Waals surface area (Å²) in [5.41, 5.74) is 0. The van der Waals surface area contributed by atoms with Crippen LogP contribution in [0.25, 0.3) is 0 Å². The number of unbranched alkanes of at least 4 members (excludes halogenated alkanes) is 27. The molecule has 4 N–H and O–H groups in total. The monoisotopic (exact) mass is 891 g/mol. The Kier molecular flexibility index (Phi) is 40.6. The fourth-order valence-electron chi connectivity index (χ4n) is 7.79. The Morgan fingerprint density at radius 1 is 0.508 bits per heavy atom. The van der Waals surface area contributed by atoms with Gasteiger partial charge < -0.3 is 39.4 Å². The third-order valence-electron chi connectivity index (χ3n) is 11.8.